The minimum atomic E-state index is -0.111. The van der Waals surface area contributed by atoms with E-state index in [9.17, 15) is 4.79 Å². The number of H-pyrrole nitrogens is 1. The van der Waals surface area contributed by atoms with Crippen LogP contribution in [0.25, 0.3) is 11.4 Å². The van der Waals surface area contributed by atoms with Crippen molar-refractivity contribution in [1.29, 1.82) is 0 Å². The molecule has 1 aromatic carbocycles. The van der Waals surface area contributed by atoms with Crippen molar-refractivity contribution < 1.29 is 9.47 Å². The van der Waals surface area contributed by atoms with Gasteiger partial charge in [0.15, 0.2) is 0 Å². The average molecular weight is 436 g/mol. The zero-order chi connectivity index (χ0) is 22.7. The van der Waals surface area contributed by atoms with Crippen LogP contribution in [-0.4, -0.2) is 48.3 Å². The lowest BCUT2D eigenvalue weighted by Crippen LogP contribution is -2.39. The predicted molar refractivity (Wildman–Crippen MR) is 126 cm³/mol. The lowest BCUT2D eigenvalue weighted by atomic mass is 10.0. The Labute approximate surface area is 187 Å². The standard InChI is InChI=1S/C24H29N5O3/c1-15-16(2)26-23(28-24(15)30)17-5-6-22(25-14-17)29-9-7-18(8-10-29)27-19-11-20(31-3)13-21(12-19)32-4/h5-6,11-14,18,27H,7-10H2,1-4H3,(H,26,28,30). The molecule has 1 fully saturated rings. The van der Waals surface area contributed by atoms with Crippen molar-refractivity contribution in [3.63, 3.8) is 0 Å². The Hall–Kier alpha value is -3.55. The fraction of sp³-hybridized carbons (Fsp3) is 0.375. The number of methoxy groups -OCH3 is 2. The van der Waals surface area contributed by atoms with E-state index in [1.165, 1.54) is 0 Å². The van der Waals surface area contributed by atoms with E-state index in [0.717, 1.165) is 60.2 Å². The van der Waals surface area contributed by atoms with Crippen LogP contribution in [0.15, 0.2) is 41.3 Å². The van der Waals surface area contributed by atoms with Gasteiger partial charge in [0, 0.05) is 66.0 Å². The number of hydrogen-bond acceptors (Lipinski definition) is 7. The SMILES string of the molecule is COc1cc(NC2CCN(c3ccc(-c4nc(C)c(C)c(=O)[nH]4)cn3)CC2)cc(OC)c1. The monoisotopic (exact) mass is 435 g/mol. The van der Waals surface area contributed by atoms with Crippen molar-refractivity contribution in [1.82, 2.24) is 15.0 Å². The first-order chi connectivity index (χ1) is 15.5. The number of nitrogens with one attached hydrogen (secondary N) is 2. The Morgan fingerprint density at radius 3 is 2.31 bits per heavy atom. The van der Waals surface area contributed by atoms with E-state index in [2.05, 4.69) is 25.2 Å². The molecule has 4 rings (SSSR count). The minimum Gasteiger partial charge on any atom is -0.497 e. The third kappa shape index (κ3) is 4.69. The van der Waals surface area contributed by atoms with Crippen LogP contribution in [0.1, 0.15) is 24.1 Å². The molecule has 8 nitrogen and oxygen atoms in total. The number of aromatic amines is 1. The van der Waals surface area contributed by atoms with E-state index < -0.39 is 0 Å². The fourth-order valence-electron chi connectivity index (χ4n) is 3.87. The second kappa shape index (κ2) is 9.30. The number of aromatic nitrogens is 3. The maximum atomic E-state index is 12.0. The molecule has 2 N–H and O–H groups in total. The third-order valence-corrected chi connectivity index (χ3v) is 5.96. The van der Waals surface area contributed by atoms with Gasteiger partial charge in [-0.25, -0.2) is 9.97 Å². The zero-order valence-electron chi connectivity index (χ0n) is 18.9. The summed E-state index contributed by atoms with van der Waals surface area (Å²) in [5.41, 5.74) is 3.06. The van der Waals surface area contributed by atoms with Gasteiger partial charge >= 0.3 is 0 Å². The summed E-state index contributed by atoms with van der Waals surface area (Å²) in [6, 6.07) is 10.2. The summed E-state index contributed by atoms with van der Waals surface area (Å²) >= 11 is 0. The molecule has 1 aliphatic heterocycles. The molecule has 168 valence electrons. The van der Waals surface area contributed by atoms with Gasteiger partial charge in [0.2, 0.25) is 0 Å². The highest BCUT2D eigenvalue weighted by Crippen LogP contribution is 2.28. The van der Waals surface area contributed by atoms with Crippen molar-refractivity contribution >= 4 is 11.5 Å². The van der Waals surface area contributed by atoms with Crippen LogP contribution in [0.3, 0.4) is 0 Å². The molecule has 8 heteroatoms. The molecule has 1 aliphatic rings. The molecule has 0 bridgehead atoms. The number of aryl methyl sites for hydroxylation is 1. The quantitative estimate of drug-likeness (QED) is 0.612. The van der Waals surface area contributed by atoms with Gasteiger partial charge in [-0.3, -0.25) is 4.79 Å². The maximum absolute atomic E-state index is 12.0. The van der Waals surface area contributed by atoms with Crippen LogP contribution in [0, 0.1) is 13.8 Å². The first-order valence-corrected chi connectivity index (χ1v) is 10.8. The van der Waals surface area contributed by atoms with Gasteiger partial charge in [0.1, 0.15) is 23.1 Å². The normalized spacial score (nSPS) is 14.3. The molecule has 0 spiro atoms. The number of ether oxygens (including phenoxy) is 2. The minimum absolute atomic E-state index is 0.111. The highest BCUT2D eigenvalue weighted by Gasteiger charge is 2.20. The van der Waals surface area contributed by atoms with E-state index >= 15 is 0 Å². The molecule has 0 atom stereocenters. The highest BCUT2D eigenvalue weighted by atomic mass is 16.5. The molecule has 0 radical (unpaired) electrons. The summed E-state index contributed by atoms with van der Waals surface area (Å²) in [4.78, 5) is 26.3. The smallest absolute Gasteiger partial charge is 0.254 e. The fourth-order valence-corrected chi connectivity index (χ4v) is 3.87. The summed E-state index contributed by atoms with van der Waals surface area (Å²) in [7, 11) is 3.31. The van der Waals surface area contributed by atoms with Crippen molar-refractivity contribution in [2.45, 2.75) is 32.7 Å². The topological polar surface area (TPSA) is 92.4 Å². The maximum Gasteiger partial charge on any atom is 0.254 e. The van der Waals surface area contributed by atoms with Crippen LogP contribution in [0.4, 0.5) is 11.5 Å². The molecule has 0 amide bonds. The third-order valence-electron chi connectivity index (χ3n) is 5.96. The zero-order valence-corrected chi connectivity index (χ0v) is 18.9. The summed E-state index contributed by atoms with van der Waals surface area (Å²) in [6.07, 6.45) is 3.76. The first kappa shape index (κ1) is 21.7. The van der Waals surface area contributed by atoms with E-state index in [-0.39, 0.29) is 5.56 Å². The number of rotatable bonds is 6. The lowest BCUT2D eigenvalue weighted by molar-refractivity contribution is 0.394. The molecule has 3 aromatic rings. The van der Waals surface area contributed by atoms with Gasteiger partial charge < -0.3 is 24.7 Å². The van der Waals surface area contributed by atoms with Crippen LogP contribution in [0.2, 0.25) is 0 Å². The molecular weight excluding hydrogens is 406 g/mol. The molecule has 3 heterocycles. The largest absolute Gasteiger partial charge is 0.497 e. The molecule has 0 unspecified atom stereocenters. The van der Waals surface area contributed by atoms with Crippen molar-refractivity contribution in [3.8, 4) is 22.9 Å². The van der Waals surface area contributed by atoms with E-state index in [1.54, 1.807) is 27.3 Å². The number of pyridine rings is 1. The second-order valence-electron chi connectivity index (χ2n) is 8.04. The molecule has 2 aromatic heterocycles. The van der Waals surface area contributed by atoms with E-state index in [1.807, 2.05) is 37.3 Å². The van der Waals surface area contributed by atoms with Gasteiger partial charge in [-0.2, -0.15) is 0 Å². The number of piperidine rings is 1. The Morgan fingerprint density at radius 1 is 1.06 bits per heavy atom. The Balaban J connectivity index is 1.39. The molecule has 1 saturated heterocycles. The Kier molecular flexibility index (Phi) is 6.30. The van der Waals surface area contributed by atoms with Gasteiger partial charge in [0.25, 0.3) is 5.56 Å². The number of benzene rings is 1. The number of anilines is 2. The van der Waals surface area contributed by atoms with E-state index in [4.69, 9.17) is 9.47 Å². The second-order valence-corrected chi connectivity index (χ2v) is 8.04. The summed E-state index contributed by atoms with van der Waals surface area (Å²) < 4.78 is 10.7. The van der Waals surface area contributed by atoms with Gasteiger partial charge in [0.05, 0.1) is 14.2 Å². The number of nitrogens with zero attached hydrogens (tertiary/aromatic N) is 3. The van der Waals surface area contributed by atoms with Crippen LogP contribution in [-0.2, 0) is 0 Å². The summed E-state index contributed by atoms with van der Waals surface area (Å²) in [5.74, 6) is 3.02. The lowest BCUT2D eigenvalue weighted by Gasteiger charge is -2.33. The van der Waals surface area contributed by atoms with Crippen LogP contribution in [0.5, 0.6) is 11.5 Å². The first-order valence-electron chi connectivity index (χ1n) is 10.8. The van der Waals surface area contributed by atoms with Crippen molar-refractivity contribution in [2.75, 3.05) is 37.5 Å². The van der Waals surface area contributed by atoms with Crippen molar-refractivity contribution in [3.05, 3.63) is 58.1 Å². The van der Waals surface area contributed by atoms with Gasteiger partial charge in [-0.15, -0.1) is 0 Å². The average Bonchev–Trinajstić information content (AvgIpc) is 2.82. The van der Waals surface area contributed by atoms with Gasteiger partial charge in [-0.1, -0.05) is 0 Å². The van der Waals surface area contributed by atoms with Crippen LogP contribution < -0.4 is 25.2 Å². The summed E-state index contributed by atoms with van der Waals surface area (Å²) in [6.45, 7) is 5.43. The molecule has 32 heavy (non-hydrogen) atoms. The van der Waals surface area contributed by atoms with E-state index in [0.29, 0.717) is 17.4 Å². The van der Waals surface area contributed by atoms with Crippen LogP contribution >= 0.6 is 0 Å². The molecular formula is C24H29N5O3. The highest BCUT2D eigenvalue weighted by molar-refractivity contribution is 5.57. The molecule has 0 saturated carbocycles. The predicted octanol–water partition coefficient (Wildman–Crippen LogP) is 3.55. The Morgan fingerprint density at radius 2 is 1.75 bits per heavy atom. The summed E-state index contributed by atoms with van der Waals surface area (Å²) in [5, 5.41) is 3.60. The Bertz CT molecular complexity index is 1110. The number of hydrogen-bond donors (Lipinski definition) is 2. The molecule has 0 aliphatic carbocycles. The van der Waals surface area contributed by atoms with Crippen molar-refractivity contribution in [2.24, 2.45) is 0 Å². The van der Waals surface area contributed by atoms with Gasteiger partial charge in [-0.05, 0) is 38.8 Å².